The molecule has 96 valence electrons. The van der Waals surface area contributed by atoms with Crippen molar-refractivity contribution in [2.24, 2.45) is 7.05 Å². The van der Waals surface area contributed by atoms with Crippen LogP contribution in [0.15, 0.2) is 36.4 Å². The minimum atomic E-state index is -0.314. The van der Waals surface area contributed by atoms with E-state index in [0.717, 1.165) is 11.1 Å². The summed E-state index contributed by atoms with van der Waals surface area (Å²) in [6.45, 7) is 1.95. The van der Waals surface area contributed by atoms with Gasteiger partial charge < -0.3 is 9.67 Å². The van der Waals surface area contributed by atoms with Crippen molar-refractivity contribution in [2.45, 2.75) is 6.92 Å². The second-order valence-electron chi connectivity index (χ2n) is 4.65. The number of aryl methyl sites for hydroxylation is 2. The predicted octanol–water partition coefficient (Wildman–Crippen LogP) is 3.39. The monoisotopic (exact) mass is 256 g/mol. The standard InChI is InChI=1S/C15H13FN2O/c1-9-3-6-14(19)11(7-9)15-17-12-8-10(16)4-5-13(12)18(15)2/h3-8,19H,1-2H3. The van der Waals surface area contributed by atoms with Crippen LogP contribution in [0.2, 0.25) is 0 Å². The normalized spacial score (nSPS) is 11.1. The summed E-state index contributed by atoms with van der Waals surface area (Å²) in [5, 5.41) is 9.97. The summed E-state index contributed by atoms with van der Waals surface area (Å²) in [5.74, 6) is 0.483. The highest BCUT2D eigenvalue weighted by Gasteiger charge is 2.13. The predicted molar refractivity (Wildman–Crippen MR) is 72.5 cm³/mol. The fraction of sp³-hybridized carbons (Fsp3) is 0.133. The van der Waals surface area contributed by atoms with Crippen molar-refractivity contribution in [2.75, 3.05) is 0 Å². The van der Waals surface area contributed by atoms with Crippen LogP contribution < -0.4 is 0 Å². The molecule has 3 nitrogen and oxygen atoms in total. The molecule has 3 rings (SSSR count). The fourth-order valence-corrected chi connectivity index (χ4v) is 2.24. The van der Waals surface area contributed by atoms with E-state index < -0.39 is 0 Å². The molecule has 1 heterocycles. The molecule has 0 saturated heterocycles. The molecule has 0 bridgehead atoms. The second-order valence-corrected chi connectivity index (χ2v) is 4.65. The third kappa shape index (κ3) is 1.85. The van der Waals surface area contributed by atoms with Gasteiger partial charge >= 0.3 is 0 Å². The van der Waals surface area contributed by atoms with Gasteiger partial charge in [-0.25, -0.2) is 9.37 Å². The van der Waals surface area contributed by atoms with Crippen LogP contribution in [0.25, 0.3) is 22.4 Å². The van der Waals surface area contributed by atoms with Crippen molar-refractivity contribution in [3.63, 3.8) is 0 Å². The fourth-order valence-electron chi connectivity index (χ4n) is 2.24. The molecule has 0 aliphatic carbocycles. The summed E-state index contributed by atoms with van der Waals surface area (Å²) >= 11 is 0. The Kier molecular flexibility index (Phi) is 2.52. The summed E-state index contributed by atoms with van der Waals surface area (Å²) in [4.78, 5) is 4.41. The Morgan fingerprint density at radius 3 is 2.74 bits per heavy atom. The molecule has 0 spiro atoms. The number of rotatable bonds is 1. The van der Waals surface area contributed by atoms with Crippen molar-refractivity contribution in [3.05, 3.63) is 47.8 Å². The van der Waals surface area contributed by atoms with E-state index in [1.165, 1.54) is 12.1 Å². The van der Waals surface area contributed by atoms with Crippen LogP contribution in [0, 0.1) is 12.7 Å². The lowest BCUT2D eigenvalue weighted by atomic mass is 10.1. The maximum Gasteiger partial charge on any atom is 0.144 e. The highest BCUT2D eigenvalue weighted by molar-refractivity contribution is 5.82. The molecule has 2 aromatic carbocycles. The number of nitrogens with zero attached hydrogens (tertiary/aromatic N) is 2. The van der Waals surface area contributed by atoms with Crippen molar-refractivity contribution >= 4 is 11.0 Å². The summed E-state index contributed by atoms with van der Waals surface area (Å²) < 4.78 is 15.1. The van der Waals surface area contributed by atoms with E-state index in [2.05, 4.69) is 4.98 Å². The summed E-state index contributed by atoms with van der Waals surface area (Å²) in [6.07, 6.45) is 0. The number of phenols is 1. The number of aromatic nitrogens is 2. The van der Waals surface area contributed by atoms with E-state index in [4.69, 9.17) is 0 Å². The Morgan fingerprint density at radius 1 is 1.16 bits per heavy atom. The molecule has 0 unspecified atom stereocenters. The van der Waals surface area contributed by atoms with Crippen LogP contribution in [0.5, 0.6) is 5.75 Å². The van der Waals surface area contributed by atoms with Gasteiger partial charge in [0.05, 0.1) is 16.6 Å². The Morgan fingerprint density at radius 2 is 1.95 bits per heavy atom. The molecular weight excluding hydrogens is 243 g/mol. The number of phenolic OH excluding ortho intramolecular Hbond substituents is 1. The summed E-state index contributed by atoms with van der Waals surface area (Å²) in [7, 11) is 1.85. The van der Waals surface area contributed by atoms with Crippen LogP contribution in [0.1, 0.15) is 5.56 Å². The zero-order valence-electron chi connectivity index (χ0n) is 10.7. The molecule has 3 aromatic rings. The number of fused-ring (bicyclic) bond motifs is 1. The van der Waals surface area contributed by atoms with E-state index >= 15 is 0 Å². The van der Waals surface area contributed by atoms with Crippen LogP contribution >= 0.6 is 0 Å². The lowest BCUT2D eigenvalue weighted by Gasteiger charge is -2.06. The van der Waals surface area contributed by atoms with E-state index in [0.29, 0.717) is 16.9 Å². The Hall–Kier alpha value is -2.36. The highest BCUT2D eigenvalue weighted by atomic mass is 19.1. The van der Waals surface area contributed by atoms with Crippen molar-refractivity contribution < 1.29 is 9.50 Å². The van der Waals surface area contributed by atoms with Crippen LogP contribution in [-0.4, -0.2) is 14.7 Å². The zero-order valence-corrected chi connectivity index (χ0v) is 10.7. The average molecular weight is 256 g/mol. The Balaban J connectivity index is 2.30. The number of halogens is 1. The third-order valence-corrected chi connectivity index (χ3v) is 3.24. The number of benzene rings is 2. The molecule has 0 aliphatic heterocycles. The van der Waals surface area contributed by atoms with Crippen LogP contribution in [0.3, 0.4) is 0 Å². The summed E-state index contributed by atoms with van der Waals surface area (Å²) in [5.41, 5.74) is 3.10. The maximum atomic E-state index is 13.2. The van der Waals surface area contributed by atoms with Crippen molar-refractivity contribution in [1.29, 1.82) is 0 Å². The first-order valence-electron chi connectivity index (χ1n) is 5.98. The Bertz CT molecular complexity index is 777. The van der Waals surface area contributed by atoms with Gasteiger partial charge in [0, 0.05) is 13.1 Å². The first-order chi connectivity index (χ1) is 9.06. The molecule has 1 aromatic heterocycles. The molecule has 1 N–H and O–H groups in total. The zero-order chi connectivity index (χ0) is 13.6. The van der Waals surface area contributed by atoms with Crippen LogP contribution in [-0.2, 0) is 7.05 Å². The third-order valence-electron chi connectivity index (χ3n) is 3.24. The van der Waals surface area contributed by atoms with Gasteiger partial charge in [0.25, 0.3) is 0 Å². The molecule has 0 aliphatic rings. The van der Waals surface area contributed by atoms with Gasteiger partial charge in [-0.05, 0) is 31.2 Å². The smallest absolute Gasteiger partial charge is 0.144 e. The van der Waals surface area contributed by atoms with Gasteiger partial charge in [-0.1, -0.05) is 11.6 Å². The summed E-state index contributed by atoms with van der Waals surface area (Å²) in [6, 6.07) is 9.84. The second kappa shape index (κ2) is 4.09. The van der Waals surface area contributed by atoms with Gasteiger partial charge in [-0.2, -0.15) is 0 Å². The lowest BCUT2D eigenvalue weighted by molar-refractivity contribution is 0.476. The van der Waals surface area contributed by atoms with E-state index in [9.17, 15) is 9.50 Å². The Labute approximate surface area is 109 Å². The minimum Gasteiger partial charge on any atom is -0.507 e. The molecule has 0 fully saturated rings. The lowest BCUT2D eigenvalue weighted by Crippen LogP contribution is -1.93. The van der Waals surface area contributed by atoms with Gasteiger partial charge in [-0.3, -0.25) is 0 Å². The molecule has 0 radical (unpaired) electrons. The molecule has 4 heteroatoms. The average Bonchev–Trinajstić information content (AvgIpc) is 2.69. The van der Waals surface area contributed by atoms with Gasteiger partial charge in [-0.15, -0.1) is 0 Å². The van der Waals surface area contributed by atoms with Crippen LogP contribution in [0.4, 0.5) is 4.39 Å². The molecule has 0 saturated carbocycles. The number of aromatic hydroxyl groups is 1. The molecular formula is C15H13FN2O. The van der Waals surface area contributed by atoms with Gasteiger partial charge in [0.15, 0.2) is 0 Å². The first-order valence-corrected chi connectivity index (χ1v) is 5.98. The largest absolute Gasteiger partial charge is 0.507 e. The molecule has 0 atom stereocenters. The van der Waals surface area contributed by atoms with Crippen molar-refractivity contribution in [3.8, 4) is 17.1 Å². The quantitative estimate of drug-likeness (QED) is 0.724. The first kappa shape index (κ1) is 11.7. The number of hydrogen-bond acceptors (Lipinski definition) is 2. The van der Waals surface area contributed by atoms with E-state index in [-0.39, 0.29) is 11.6 Å². The molecule has 19 heavy (non-hydrogen) atoms. The van der Waals surface area contributed by atoms with Crippen molar-refractivity contribution in [1.82, 2.24) is 9.55 Å². The number of hydrogen-bond donors (Lipinski definition) is 1. The van der Waals surface area contributed by atoms with Gasteiger partial charge in [0.1, 0.15) is 17.4 Å². The van der Waals surface area contributed by atoms with Gasteiger partial charge in [0.2, 0.25) is 0 Å². The SMILES string of the molecule is Cc1ccc(O)c(-c2nc3cc(F)ccc3n2C)c1. The number of imidazole rings is 1. The molecule has 0 amide bonds. The highest BCUT2D eigenvalue weighted by Crippen LogP contribution is 2.31. The topological polar surface area (TPSA) is 38.1 Å². The van der Waals surface area contributed by atoms with E-state index in [1.54, 1.807) is 12.1 Å². The maximum absolute atomic E-state index is 13.2. The minimum absolute atomic E-state index is 0.171. The van der Waals surface area contributed by atoms with E-state index in [1.807, 2.05) is 30.7 Å².